The van der Waals surface area contributed by atoms with E-state index in [1.165, 1.54) is 15.6 Å². The molecule has 0 bridgehead atoms. The first kappa shape index (κ1) is 15.6. The average molecular weight is 405 g/mol. The van der Waals surface area contributed by atoms with Crippen molar-refractivity contribution in [2.75, 3.05) is 11.9 Å². The molecule has 0 unspecified atom stereocenters. The number of nitrogens with zero attached hydrogens (tertiary/aromatic N) is 1. The third-order valence-electron chi connectivity index (χ3n) is 2.28. The Hall–Kier alpha value is 0.570. The Morgan fingerprint density at radius 2 is 2.06 bits per heavy atom. The third kappa shape index (κ3) is 3.53. The highest BCUT2D eigenvalue weighted by Crippen LogP contribution is 2.32. The second-order valence-corrected chi connectivity index (χ2v) is 9.20. The van der Waals surface area contributed by atoms with Crippen LogP contribution in [0.4, 0.5) is 0 Å². The van der Waals surface area contributed by atoms with Crippen LogP contribution in [-0.4, -0.2) is 30.6 Å². The second-order valence-electron chi connectivity index (χ2n) is 3.92. The van der Waals surface area contributed by atoms with E-state index in [0.29, 0.717) is 16.1 Å². The van der Waals surface area contributed by atoms with E-state index in [4.69, 9.17) is 0 Å². The maximum atomic E-state index is 12.4. The standard InChI is InChI=1S/C10H15Br2NO2S2/c1-7(2)13(5-4-11)17(14,15)9-6-8(3)10(12)16-9/h6-7H,4-5H2,1-3H3. The summed E-state index contributed by atoms with van der Waals surface area (Å²) in [7, 11) is -3.37. The molecule has 1 heterocycles. The van der Waals surface area contributed by atoms with Crippen molar-refractivity contribution < 1.29 is 8.42 Å². The first-order valence-corrected chi connectivity index (χ1v) is 9.31. The zero-order chi connectivity index (χ0) is 13.2. The van der Waals surface area contributed by atoms with E-state index in [0.717, 1.165) is 9.35 Å². The van der Waals surface area contributed by atoms with Crippen LogP contribution in [0.2, 0.25) is 0 Å². The van der Waals surface area contributed by atoms with Crippen LogP contribution < -0.4 is 0 Å². The van der Waals surface area contributed by atoms with Crippen LogP contribution in [0.3, 0.4) is 0 Å². The van der Waals surface area contributed by atoms with Gasteiger partial charge in [-0.15, -0.1) is 11.3 Å². The van der Waals surface area contributed by atoms with Crippen molar-refractivity contribution in [1.82, 2.24) is 4.31 Å². The fourth-order valence-corrected chi connectivity index (χ4v) is 6.02. The third-order valence-corrected chi connectivity index (χ3v) is 7.29. The summed E-state index contributed by atoms with van der Waals surface area (Å²) in [5, 5.41) is 0.635. The summed E-state index contributed by atoms with van der Waals surface area (Å²) in [5.41, 5.74) is 0.955. The van der Waals surface area contributed by atoms with Crippen LogP contribution in [0.5, 0.6) is 0 Å². The van der Waals surface area contributed by atoms with Crippen LogP contribution in [0.15, 0.2) is 14.1 Å². The highest BCUT2D eigenvalue weighted by molar-refractivity contribution is 9.11. The van der Waals surface area contributed by atoms with Gasteiger partial charge in [-0.25, -0.2) is 8.42 Å². The molecule has 0 aromatic carbocycles. The Morgan fingerprint density at radius 1 is 1.47 bits per heavy atom. The number of alkyl halides is 1. The van der Waals surface area contributed by atoms with Gasteiger partial charge in [-0.05, 0) is 48.3 Å². The number of hydrogen-bond acceptors (Lipinski definition) is 3. The molecule has 7 heteroatoms. The summed E-state index contributed by atoms with van der Waals surface area (Å²) in [4.78, 5) is 0. The van der Waals surface area contributed by atoms with Crippen LogP contribution in [0.1, 0.15) is 19.4 Å². The van der Waals surface area contributed by atoms with Crippen LogP contribution in [-0.2, 0) is 10.0 Å². The summed E-state index contributed by atoms with van der Waals surface area (Å²) in [5.74, 6) is 0. The monoisotopic (exact) mass is 403 g/mol. The molecule has 0 aliphatic carbocycles. The van der Waals surface area contributed by atoms with Crippen molar-refractivity contribution in [1.29, 1.82) is 0 Å². The Bertz CT molecular complexity index is 463. The Labute approximate surface area is 124 Å². The number of thiophene rings is 1. The molecule has 0 saturated carbocycles. The summed E-state index contributed by atoms with van der Waals surface area (Å²) in [6.07, 6.45) is 0. The molecule has 1 aromatic rings. The summed E-state index contributed by atoms with van der Waals surface area (Å²) >= 11 is 7.92. The molecule has 1 rings (SSSR count). The first-order valence-electron chi connectivity index (χ1n) is 5.14. The maximum Gasteiger partial charge on any atom is 0.252 e. The van der Waals surface area contributed by atoms with E-state index < -0.39 is 10.0 Å². The Kier molecular flexibility index (Phi) is 5.65. The molecule has 0 fully saturated rings. The first-order chi connectivity index (χ1) is 7.80. The van der Waals surface area contributed by atoms with Crippen LogP contribution in [0.25, 0.3) is 0 Å². The molecule has 0 atom stereocenters. The minimum Gasteiger partial charge on any atom is -0.206 e. The van der Waals surface area contributed by atoms with Gasteiger partial charge in [0.15, 0.2) is 0 Å². The van der Waals surface area contributed by atoms with Gasteiger partial charge in [0.05, 0.1) is 3.79 Å². The van der Waals surface area contributed by atoms with E-state index >= 15 is 0 Å². The normalized spacial score (nSPS) is 12.6. The molecule has 0 N–H and O–H groups in total. The van der Waals surface area contributed by atoms with Crippen molar-refractivity contribution in [2.24, 2.45) is 0 Å². The summed E-state index contributed by atoms with van der Waals surface area (Å²) in [6, 6.07) is 1.67. The van der Waals surface area contributed by atoms with E-state index in [9.17, 15) is 8.42 Å². The maximum absolute atomic E-state index is 12.4. The lowest BCUT2D eigenvalue weighted by Gasteiger charge is -2.24. The lowest BCUT2D eigenvalue weighted by molar-refractivity contribution is 0.373. The number of sulfonamides is 1. The zero-order valence-corrected chi connectivity index (χ0v) is 14.7. The zero-order valence-electron chi connectivity index (χ0n) is 9.91. The van der Waals surface area contributed by atoms with Gasteiger partial charge in [-0.3, -0.25) is 0 Å². The molecule has 3 nitrogen and oxygen atoms in total. The highest BCUT2D eigenvalue weighted by atomic mass is 79.9. The van der Waals surface area contributed by atoms with Crippen LogP contribution in [0, 0.1) is 6.92 Å². The molecule has 0 aliphatic heterocycles. The number of halogens is 2. The molecule has 0 saturated heterocycles. The fourth-order valence-electron chi connectivity index (χ4n) is 1.41. The van der Waals surface area contributed by atoms with Crippen molar-refractivity contribution in [3.05, 3.63) is 15.4 Å². The van der Waals surface area contributed by atoms with E-state index in [1.54, 1.807) is 6.07 Å². The van der Waals surface area contributed by atoms with Crippen molar-refractivity contribution in [2.45, 2.75) is 31.0 Å². The van der Waals surface area contributed by atoms with Gasteiger partial charge in [0.25, 0.3) is 10.0 Å². The molecule has 0 aliphatic rings. The Morgan fingerprint density at radius 3 is 2.41 bits per heavy atom. The Balaban J connectivity index is 3.16. The van der Waals surface area contributed by atoms with E-state index in [-0.39, 0.29) is 6.04 Å². The van der Waals surface area contributed by atoms with Crippen molar-refractivity contribution >= 4 is 53.2 Å². The molecule has 98 valence electrons. The van der Waals surface area contributed by atoms with Gasteiger partial charge >= 0.3 is 0 Å². The molecular formula is C10H15Br2NO2S2. The number of rotatable bonds is 5. The molecule has 1 aromatic heterocycles. The van der Waals surface area contributed by atoms with Crippen molar-refractivity contribution in [3.63, 3.8) is 0 Å². The predicted octanol–water partition coefficient (Wildman–Crippen LogP) is 3.61. The van der Waals surface area contributed by atoms with Gasteiger partial charge in [0.1, 0.15) is 4.21 Å². The van der Waals surface area contributed by atoms with Gasteiger partial charge in [-0.1, -0.05) is 15.9 Å². The second kappa shape index (κ2) is 6.14. The quantitative estimate of drug-likeness (QED) is 0.703. The van der Waals surface area contributed by atoms with E-state index in [1.807, 2.05) is 20.8 Å². The fraction of sp³-hybridized carbons (Fsp3) is 0.600. The van der Waals surface area contributed by atoms with Gasteiger partial charge < -0.3 is 0 Å². The molecule has 0 amide bonds. The lowest BCUT2D eigenvalue weighted by atomic mass is 10.4. The van der Waals surface area contributed by atoms with Crippen LogP contribution >= 0.6 is 43.2 Å². The minimum absolute atomic E-state index is 0.0428. The molecule has 0 radical (unpaired) electrons. The largest absolute Gasteiger partial charge is 0.252 e. The lowest BCUT2D eigenvalue weighted by Crippen LogP contribution is -2.37. The minimum atomic E-state index is -3.37. The average Bonchev–Trinajstić information content (AvgIpc) is 2.55. The highest BCUT2D eigenvalue weighted by Gasteiger charge is 2.28. The number of aryl methyl sites for hydroxylation is 1. The van der Waals surface area contributed by atoms with E-state index in [2.05, 4.69) is 31.9 Å². The molecule has 17 heavy (non-hydrogen) atoms. The summed E-state index contributed by atoms with van der Waals surface area (Å²) < 4.78 is 27.6. The smallest absolute Gasteiger partial charge is 0.206 e. The topological polar surface area (TPSA) is 37.4 Å². The van der Waals surface area contributed by atoms with Gasteiger partial charge in [-0.2, -0.15) is 4.31 Å². The predicted molar refractivity (Wildman–Crippen MR) is 79.6 cm³/mol. The van der Waals surface area contributed by atoms with Gasteiger partial charge in [0.2, 0.25) is 0 Å². The molecular weight excluding hydrogens is 390 g/mol. The number of hydrogen-bond donors (Lipinski definition) is 0. The SMILES string of the molecule is Cc1cc(S(=O)(=O)N(CCBr)C(C)C)sc1Br. The van der Waals surface area contributed by atoms with Gasteiger partial charge in [0, 0.05) is 17.9 Å². The summed E-state index contributed by atoms with van der Waals surface area (Å²) in [6.45, 7) is 6.14. The van der Waals surface area contributed by atoms with Crippen molar-refractivity contribution in [3.8, 4) is 0 Å². The molecule has 0 spiro atoms.